The predicted octanol–water partition coefficient (Wildman–Crippen LogP) is 1.97. The van der Waals surface area contributed by atoms with Gasteiger partial charge in [-0.05, 0) is 35.6 Å². The van der Waals surface area contributed by atoms with E-state index in [1.165, 1.54) is 3.57 Å². The van der Waals surface area contributed by atoms with Crippen molar-refractivity contribution in [3.63, 3.8) is 0 Å². The molecular weight excluding hydrogens is 251 g/mol. The molecule has 3 heteroatoms. The van der Waals surface area contributed by atoms with Crippen LogP contribution in [0.1, 0.15) is 12.5 Å². The Hall–Kier alpha value is -0.580. The maximum Gasteiger partial charge on any atom is 0.0652 e. The Morgan fingerprint density at radius 1 is 1.45 bits per heavy atom. The first-order valence-corrected chi connectivity index (χ1v) is 4.33. The summed E-state index contributed by atoms with van der Waals surface area (Å²) >= 11 is 2.26. The molecule has 0 aliphatic heterocycles. The molecule has 1 aromatic rings. The zero-order valence-electron chi connectivity index (χ0n) is 6.21. The van der Waals surface area contributed by atoms with Gasteiger partial charge in [-0.15, -0.1) is 0 Å². The topological polar surface area (TPSA) is 38.4 Å². The van der Waals surface area contributed by atoms with E-state index in [2.05, 4.69) is 27.7 Å². The van der Waals surface area contributed by atoms with Gasteiger partial charge in [-0.2, -0.15) is 5.10 Å². The molecule has 0 aliphatic carbocycles. The maximum absolute atomic E-state index is 5.16. The van der Waals surface area contributed by atoms with E-state index in [9.17, 15) is 0 Å². The smallest absolute Gasteiger partial charge is 0.0652 e. The molecule has 11 heavy (non-hydrogen) atoms. The number of benzene rings is 1. The summed E-state index contributed by atoms with van der Waals surface area (Å²) in [5.41, 5.74) is 1.98. The SMILES string of the molecule is C/C(=N/N)c1ccccc1I. The molecule has 0 radical (unpaired) electrons. The summed E-state index contributed by atoms with van der Waals surface area (Å²) < 4.78 is 1.18. The van der Waals surface area contributed by atoms with Crippen molar-refractivity contribution in [1.29, 1.82) is 0 Å². The van der Waals surface area contributed by atoms with Crippen LogP contribution in [-0.2, 0) is 0 Å². The van der Waals surface area contributed by atoms with Crippen LogP contribution < -0.4 is 5.84 Å². The zero-order chi connectivity index (χ0) is 8.27. The Kier molecular flexibility index (Phi) is 2.87. The van der Waals surface area contributed by atoms with Crippen molar-refractivity contribution in [3.05, 3.63) is 33.4 Å². The molecule has 0 bridgehead atoms. The van der Waals surface area contributed by atoms with E-state index in [0.717, 1.165) is 11.3 Å². The highest BCUT2D eigenvalue weighted by Gasteiger charge is 1.99. The lowest BCUT2D eigenvalue weighted by atomic mass is 10.1. The molecule has 0 aromatic heterocycles. The van der Waals surface area contributed by atoms with Crippen LogP contribution in [0.5, 0.6) is 0 Å². The van der Waals surface area contributed by atoms with Crippen molar-refractivity contribution in [2.75, 3.05) is 0 Å². The maximum atomic E-state index is 5.16. The lowest BCUT2D eigenvalue weighted by Crippen LogP contribution is -2.00. The van der Waals surface area contributed by atoms with Gasteiger partial charge in [0.25, 0.3) is 0 Å². The van der Waals surface area contributed by atoms with E-state index in [1.807, 2.05) is 31.2 Å². The average molecular weight is 260 g/mol. The summed E-state index contributed by atoms with van der Waals surface area (Å²) in [5.74, 6) is 5.16. The highest BCUT2D eigenvalue weighted by atomic mass is 127. The van der Waals surface area contributed by atoms with Crippen LogP contribution >= 0.6 is 22.6 Å². The van der Waals surface area contributed by atoms with Crippen molar-refractivity contribution < 1.29 is 0 Å². The van der Waals surface area contributed by atoms with Gasteiger partial charge in [0.15, 0.2) is 0 Å². The molecular formula is C8H9IN2. The van der Waals surface area contributed by atoms with Gasteiger partial charge in [0.2, 0.25) is 0 Å². The van der Waals surface area contributed by atoms with Gasteiger partial charge in [0.1, 0.15) is 0 Å². The molecule has 0 heterocycles. The Labute approximate surface area is 79.6 Å². The summed E-state index contributed by atoms with van der Waals surface area (Å²) in [6, 6.07) is 8.01. The Bertz CT molecular complexity index is 281. The Morgan fingerprint density at radius 2 is 2.09 bits per heavy atom. The summed E-state index contributed by atoms with van der Waals surface area (Å²) in [7, 11) is 0. The minimum absolute atomic E-state index is 0.870. The van der Waals surface area contributed by atoms with Crippen molar-refractivity contribution >= 4 is 28.3 Å². The van der Waals surface area contributed by atoms with Gasteiger partial charge in [-0.25, -0.2) is 0 Å². The average Bonchev–Trinajstić information content (AvgIpc) is 2.04. The lowest BCUT2D eigenvalue weighted by molar-refractivity contribution is 1.23. The Morgan fingerprint density at radius 3 is 2.64 bits per heavy atom. The highest BCUT2D eigenvalue weighted by molar-refractivity contribution is 14.1. The number of nitrogens with zero attached hydrogens (tertiary/aromatic N) is 1. The Balaban J connectivity index is 3.14. The summed E-state index contributed by atoms with van der Waals surface area (Å²) in [4.78, 5) is 0. The van der Waals surface area contributed by atoms with Crippen molar-refractivity contribution in [1.82, 2.24) is 0 Å². The van der Waals surface area contributed by atoms with Crippen molar-refractivity contribution in [2.24, 2.45) is 10.9 Å². The van der Waals surface area contributed by atoms with E-state index in [0.29, 0.717) is 0 Å². The monoisotopic (exact) mass is 260 g/mol. The lowest BCUT2D eigenvalue weighted by Gasteiger charge is -2.00. The fourth-order valence-corrected chi connectivity index (χ4v) is 1.60. The van der Waals surface area contributed by atoms with Crippen LogP contribution in [0.15, 0.2) is 29.4 Å². The van der Waals surface area contributed by atoms with E-state index in [4.69, 9.17) is 5.84 Å². The molecule has 1 rings (SSSR count). The third kappa shape index (κ3) is 1.92. The second kappa shape index (κ2) is 3.71. The number of hydrogen-bond acceptors (Lipinski definition) is 2. The standard InChI is InChI=1S/C8H9IN2/c1-6(11-10)7-4-2-3-5-8(7)9/h2-5H,10H2,1H3/b11-6-. The normalized spacial score (nSPS) is 11.6. The fourth-order valence-electron chi connectivity index (χ4n) is 0.824. The molecule has 0 saturated heterocycles. The van der Waals surface area contributed by atoms with Crippen molar-refractivity contribution in [3.8, 4) is 0 Å². The number of hydrazone groups is 1. The van der Waals surface area contributed by atoms with E-state index < -0.39 is 0 Å². The molecule has 0 atom stereocenters. The molecule has 2 N–H and O–H groups in total. The number of rotatable bonds is 1. The first kappa shape index (κ1) is 8.52. The van der Waals surface area contributed by atoms with Gasteiger partial charge in [-0.3, -0.25) is 0 Å². The minimum atomic E-state index is 0.870. The van der Waals surface area contributed by atoms with Gasteiger partial charge in [0.05, 0.1) is 5.71 Å². The third-order valence-corrected chi connectivity index (χ3v) is 2.40. The predicted molar refractivity (Wildman–Crippen MR) is 55.6 cm³/mol. The largest absolute Gasteiger partial charge is 0.323 e. The van der Waals surface area contributed by atoms with Crippen LogP contribution in [-0.4, -0.2) is 5.71 Å². The molecule has 0 spiro atoms. The van der Waals surface area contributed by atoms with Crippen LogP contribution in [0, 0.1) is 3.57 Å². The van der Waals surface area contributed by atoms with Crippen LogP contribution in [0.25, 0.3) is 0 Å². The molecule has 0 amide bonds. The zero-order valence-corrected chi connectivity index (χ0v) is 8.37. The second-order valence-electron chi connectivity index (χ2n) is 2.19. The van der Waals surface area contributed by atoms with E-state index in [1.54, 1.807) is 0 Å². The molecule has 0 unspecified atom stereocenters. The highest BCUT2D eigenvalue weighted by Crippen LogP contribution is 2.11. The van der Waals surface area contributed by atoms with E-state index in [-0.39, 0.29) is 0 Å². The van der Waals surface area contributed by atoms with Gasteiger partial charge in [-0.1, -0.05) is 18.2 Å². The summed E-state index contributed by atoms with van der Waals surface area (Å²) in [6.07, 6.45) is 0. The van der Waals surface area contributed by atoms with Gasteiger partial charge < -0.3 is 5.84 Å². The number of nitrogens with two attached hydrogens (primary N) is 1. The molecule has 0 aliphatic rings. The third-order valence-electron chi connectivity index (χ3n) is 1.46. The quantitative estimate of drug-likeness (QED) is 0.356. The summed E-state index contributed by atoms with van der Waals surface area (Å²) in [6.45, 7) is 1.90. The first-order chi connectivity index (χ1) is 5.25. The number of hydrogen-bond donors (Lipinski definition) is 1. The van der Waals surface area contributed by atoms with E-state index >= 15 is 0 Å². The fraction of sp³-hybridized carbons (Fsp3) is 0.125. The molecule has 58 valence electrons. The minimum Gasteiger partial charge on any atom is -0.323 e. The van der Waals surface area contributed by atoms with Crippen LogP contribution in [0.4, 0.5) is 0 Å². The molecule has 0 fully saturated rings. The summed E-state index contributed by atoms with van der Waals surface area (Å²) in [5, 5.41) is 3.63. The molecule has 1 aromatic carbocycles. The number of halogens is 1. The second-order valence-corrected chi connectivity index (χ2v) is 3.36. The molecule has 0 saturated carbocycles. The molecule has 2 nitrogen and oxygen atoms in total. The first-order valence-electron chi connectivity index (χ1n) is 3.25. The van der Waals surface area contributed by atoms with Crippen LogP contribution in [0.2, 0.25) is 0 Å². The van der Waals surface area contributed by atoms with Gasteiger partial charge >= 0.3 is 0 Å². The van der Waals surface area contributed by atoms with Gasteiger partial charge in [0, 0.05) is 9.13 Å². The van der Waals surface area contributed by atoms with Crippen molar-refractivity contribution in [2.45, 2.75) is 6.92 Å². The van der Waals surface area contributed by atoms with Crippen LogP contribution in [0.3, 0.4) is 0 Å².